The summed E-state index contributed by atoms with van der Waals surface area (Å²) in [5, 5.41) is 21.2. The van der Waals surface area contributed by atoms with Gasteiger partial charge in [-0.15, -0.1) is 0 Å². The van der Waals surface area contributed by atoms with Crippen molar-refractivity contribution in [3.63, 3.8) is 0 Å². The van der Waals surface area contributed by atoms with Gasteiger partial charge in [-0.3, -0.25) is 4.98 Å². The summed E-state index contributed by atoms with van der Waals surface area (Å²) in [6.07, 6.45) is 0. The molecule has 0 bridgehead atoms. The Labute approximate surface area is 57.5 Å². The van der Waals surface area contributed by atoms with Gasteiger partial charge in [0.1, 0.15) is 0 Å². The Balaban J connectivity index is 2.61. The van der Waals surface area contributed by atoms with Gasteiger partial charge in [0.2, 0.25) is 0 Å². The molecule has 1 aliphatic rings. The van der Waals surface area contributed by atoms with Crippen LogP contribution in [0.2, 0.25) is 0 Å². The average molecular weight is 140 g/mol. The highest BCUT2D eigenvalue weighted by molar-refractivity contribution is 5.45. The van der Waals surface area contributed by atoms with Crippen molar-refractivity contribution in [1.82, 2.24) is 10.3 Å². The van der Waals surface area contributed by atoms with Gasteiger partial charge in [0.15, 0.2) is 11.8 Å². The molecular formula is C6H8N2O2. The van der Waals surface area contributed by atoms with Gasteiger partial charge in [-0.2, -0.15) is 0 Å². The molecule has 0 saturated carbocycles. The van der Waals surface area contributed by atoms with Crippen LogP contribution in [0.15, 0.2) is 0 Å². The van der Waals surface area contributed by atoms with E-state index in [0.29, 0.717) is 13.1 Å². The summed E-state index contributed by atoms with van der Waals surface area (Å²) >= 11 is 0. The molecule has 1 aliphatic heterocycles. The summed E-state index contributed by atoms with van der Waals surface area (Å²) < 4.78 is 0. The molecule has 1 aromatic heterocycles. The van der Waals surface area contributed by atoms with Crippen LogP contribution >= 0.6 is 0 Å². The molecule has 0 aromatic carbocycles. The summed E-state index contributed by atoms with van der Waals surface area (Å²) in [6, 6.07) is 0. The second kappa shape index (κ2) is 1.67. The summed E-state index contributed by atoms with van der Waals surface area (Å²) in [5.74, 6) is 0.162. The largest absolute Gasteiger partial charge is 0.494 e. The Bertz CT molecular complexity index is 242. The molecule has 0 radical (unpaired) electrons. The quantitative estimate of drug-likeness (QED) is 0.411. The average Bonchev–Trinajstić information content (AvgIpc) is 2.39. The fraction of sp³-hybridized carbons (Fsp3) is 0.333. The first kappa shape index (κ1) is 5.61. The Morgan fingerprint density at radius 3 is 2.00 bits per heavy atom. The number of rotatable bonds is 0. The van der Waals surface area contributed by atoms with Gasteiger partial charge in [-0.1, -0.05) is 0 Å². The van der Waals surface area contributed by atoms with Crippen molar-refractivity contribution in [1.29, 1.82) is 0 Å². The zero-order valence-electron chi connectivity index (χ0n) is 5.31. The monoisotopic (exact) mass is 140 g/mol. The molecule has 0 fully saturated rings. The van der Waals surface area contributed by atoms with Crippen LogP contribution in [0.3, 0.4) is 0 Å². The normalized spacial score (nSPS) is 15.6. The Morgan fingerprint density at radius 2 is 1.50 bits per heavy atom. The summed E-state index contributed by atoms with van der Waals surface area (Å²) in [6.45, 7) is 1.27. The Hall–Kier alpha value is -1.16. The zero-order chi connectivity index (χ0) is 7.14. The summed E-state index contributed by atoms with van der Waals surface area (Å²) in [5.41, 5.74) is 1.58. The predicted octanol–water partition coefficient (Wildman–Crippen LogP) is 0.0291. The standard InChI is InChI=1S/C6H8N2O2/c9-5-3-1-7-2-4(3)6(10)8-5/h7-10H,1-2H2. The molecule has 10 heavy (non-hydrogen) atoms. The van der Waals surface area contributed by atoms with Crippen LogP contribution in [0.5, 0.6) is 11.8 Å². The van der Waals surface area contributed by atoms with Crippen molar-refractivity contribution in [2.24, 2.45) is 0 Å². The molecule has 2 rings (SSSR count). The second-order valence-corrected chi connectivity index (χ2v) is 2.38. The molecular weight excluding hydrogens is 132 g/mol. The fourth-order valence-corrected chi connectivity index (χ4v) is 1.24. The lowest BCUT2D eigenvalue weighted by Crippen LogP contribution is -2.01. The smallest absolute Gasteiger partial charge is 0.196 e. The van der Waals surface area contributed by atoms with Crippen molar-refractivity contribution in [3.05, 3.63) is 11.1 Å². The molecule has 4 N–H and O–H groups in total. The van der Waals surface area contributed by atoms with Crippen molar-refractivity contribution < 1.29 is 10.2 Å². The van der Waals surface area contributed by atoms with E-state index in [2.05, 4.69) is 10.3 Å². The predicted molar refractivity (Wildman–Crippen MR) is 34.7 cm³/mol. The van der Waals surface area contributed by atoms with Gasteiger partial charge in [0.05, 0.1) is 0 Å². The number of hydrogen-bond acceptors (Lipinski definition) is 3. The van der Waals surface area contributed by atoms with Crippen molar-refractivity contribution >= 4 is 0 Å². The van der Waals surface area contributed by atoms with E-state index < -0.39 is 0 Å². The Kier molecular flexibility index (Phi) is 0.935. The van der Waals surface area contributed by atoms with Gasteiger partial charge in [-0.25, -0.2) is 0 Å². The SMILES string of the molecule is Oc1[nH]c(O)c2c1CNC2. The van der Waals surface area contributed by atoms with E-state index in [9.17, 15) is 0 Å². The second-order valence-electron chi connectivity index (χ2n) is 2.38. The number of aromatic hydroxyl groups is 2. The summed E-state index contributed by atoms with van der Waals surface area (Å²) in [4.78, 5) is 2.45. The van der Waals surface area contributed by atoms with E-state index in [0.717, 1.165) is 11.1 Å². The van der Waals surface area contributed by atoms with E-state index in [-0.39, 0.29) is 11.8 Å². The number of aromatic amines is 1. The lowest BCUT2D eigenvalue weighted by molar-refractivity contribution is 0.418. The number of hydrogen-bond donors (Lipinski definition) is 4. The first-order valence-corrected chi connectivity index (χ1v) is 3.11. The lowest BCUT2D eigenvalue weighted by Gasteiger charge is -1.89. The maximum absolute atomic E-state index is 9.10. The van der Waals surface area contributed by atoms with Crippen LogP contribution in [0.4, 0.5) is 0 Å². The van der Waals surface area contributed by atoms with Gasteiger partial charge < -0.3 is 15.5 Å². The van der Waals surface area contributed by atoms with E-state index in [4.69, 9.17) is 10.2 Å². The number of H-pyrrole nitrogens is 1. The molecule has 0 aliphatic carbocycles. The molecule has 2 heterocycles. The van der Waals surface area contributed by atoms with Crippen molar-refractivity contribution in [2.75, 3.05) is 0 Å². The Morgan fingerprint density at radius 1 is 1.00 bits per heavy atom. The maximum Gasteiger partial charge on any atom is 0.196 e. The topological polar surface area (TPSA) is 68.3 Å². The molecule has 4 nitrogen and oxygen atoms in total. The highest BCUT2D eigenvalue weighted by Crippen LogP contribution is 2.31. The van der Waals surface area contributed by atoms with Crippen LogP contribution in [0.25, 0.3) is 0 Å². The molecule has 0 atom stereocenters. The van der Waals surface area contributed by atoms with E-state index in [1.807, 2.05) is 0 Å². The molecule has 1 aromatic rings. The van der Waals surface area contributed by atoms with Crippen molar-refractivity contribution in [3.8, 4) is 11.8 Å². The molecule has 0 amide bonds. The highest BCUT2D eigenvalue weighted by Gasteiger charge is 2.20. The van der Waals surface area contributed by atoms with Crippen LogP contribution in [0, 0.1) is 0 Å². The van der Waals surface area contributed by atoms with E-state index in [1.54, 1.807) is 0 Å². The first-order chi connectivity index (χ1) is 4.79. The van der Waals surface area contributed by atoms with Crippen molar-refractivity contribution in [2.45, 2.75) is 13.1 Å². The minimum absolute atomic E-state index is 0.0810. The number of nitrogens with one attached hydrogen (secondary N) is 2. The van der Waals surface area contributed by atoms with Crippen LogP contribution in [-0.4, -0.2) is 15.2 Å². The minimum Gasteiger partial charge on any atom is -0.494 e. The van der Waals surface area contributed by atoms with Gasteiger partial charge in [-0.05, 0) is 0 Å². The third-order valence-corrected chi connectivity index (χ3v) is 1.78. The molecule has 54 valence electrons. The third kappa shape index (κ3) is 0.537. The van der Waals surface area contributed by atoms with E-state index in [1.165, 1.54) is 0 Å². The number of fused-ring (bicyclic) bond motifs is 1. The number of aromatic nitrogens is 1. The molecule has 0 saturated heterocycles. The first-order valence-electron chi connectivity index (χ1n) is 3.11. The molecule has 0 spiro atoms. The summed E-state index contributed by atoms with van der Waals surface area (Å²) in [7, 11) is 0. The van der Waals surface area contributed by atoms with Gasteiger partial charge in [0, 0.05) is 24.2 Å². The van der Waals surface area contributed by atoms with E-state index >= 15 is 0 Å². The molecule has 0 unspecified atom stereocenters. The lowest BCUT2D eigenvalue weighted by atomic mass is 10.2. The minimum atomic E-state index is 0.0810. The van der Waals surface area contributed by atoms with Gasteiger partial charge in [0.25, 0.3) is 0 Å². The van der Waals surface area contributed by atoms with Crippen LogP contribution in [0.1, 0.15) is 11.1 Å². The fourth-order valence-electron chi connectivity index (χ4n) is 1.24. The zero-order valence-corrected chi connectivity index (χ0v) is 5.31. The van der Waals surface area contributed by atoms with Gasteiger partial charge >= 0.3 is 0 Å². The van der Waals surface area contributed by atoms with Crippen LogP contribution < -0.4 is 5.32 Å². The highest BCUT2D eigenvalue weighted by atomic mass is 16.3. The van der Waals surface area contributed by atoms with Crippen LogP contribution in [-0.2, 0) is 13.1 Å². The molecule has 4 heteroatoms. The maximum atomic E-state index is 9.10. The third-order valence-electron chi connectivity index (χ3n) is 1.78.